The average molecular weight is 269 g/mol. The first-order valence-corrected chi connectivity index (χ1v) is 5.15. The smallest absolute Gasteiger partial charge is 0.174 e. The number of nitrogens with one attached hydrogen (secondary N) is 1. The Labute approximate surface area is 95.1 Å². The van der Waals surface area contributed by atoms with Crippen LogP contribution in [0.5, 0.6) is 11.5 Å². The molecule has 2 N–H and O–H groups in total. The van der Waals surface area contributed by atoms with Crippen molar-refractivity contribution < 1.29 is 9.84 Å². The third-order valence-electron chi connectivity index (χ3n) is 1.85. The van der Waals surface area contributed by atoms with Crippen molar-refractivity contribution in [2.45, 2.75) is 6.61 Å². The number of halogens is 1. The van der Waals surface area contributed by atoms with Crippen molar-refractivity contribution in [2.75, 3.05) is 0 Å². The van der Waals surface area contributed by atoms with Gasteiger partial charge in [-0.2, -0.15) is 0 Å². The number of benzene rings is 1. The molecule has 4 nitrogen and oxygen atoms in total. The summed E-state index contributed by atoms with van der Waals surface area (Å²) >= 11 is 3.20. The van der Waals surface area contributed by atoms with E-state index in [1.54, 1.807) is 30.5 Å². The Morgan fingerprint density at radius 1 is 1.40 bits per heavy atom. The summed E-state index contributed by atoms with van der Waals surface area (Å²) in [7, 11) is 0. The highest BCUT2D eigenvalue weighted by atomic mass is 79.9. The highest BCUT2D eigenvalue weighted by molar-refractivity contribution is 9.10. The molecule has 0 bridgehead atoms. The van der Waals surface area contributed by atoms with Gasteiger partial charge in [0.1, 0.15) is 6.61 Å². The number of ether oxygens (including phenoxy) is 1. The normalized spacial score (nSPS) is 10.2. The van der Waals surface area contributed by atoms with Gasteiger partial charge in [0.25, 0.3) is 0 Å². The van der Waals surface area contributed by atoms with E-state index < -0.39 is 0 Å². The standard InChI is InChI=1S/C10H9BrN2O2/c11-10-12-5-7(13-10)6-15-9-4-2-1-3-8(9)14/h1-5,14H,6H2,(H,12,13). The van der Waals surface area contributed by atoms with Crippen LogP contribution in [0.4, 0.5) is 0 Å². The quantitative estimate of drug-likeness (QED) is 0.899. The molecule has 1 aromatic heterocycles. The summed E-state index contributed by atoms with van der Waals surface area (Å²) in [6.07, 6.45) is 1.67. The third kappa shape index (κ3) is 2.50. The summed E-state index contributed by atoms with van der Waals surface area (Å²) in [6.45, 7) is 0.343. The van der Waals surface area contributed by atoms with Crippen molar-refractivity contribution in [1.82, 2.24) is 9.97 Å². The maximum absolute atomic E-state index is 9.43. The molecule has 5 heteroatoms. The van der Waals surface area contributed by atoms with Crippen molar-refractivity contribution in [1.29, 1.82) is 0 Å². The monoisotopic (exact) mass is 268 g/mol. The lowest BCUT2D eigenvalue weighted by molar-refractivity contribution is 0.285. The van der Waals surface area contributed by atoms with Gasteiger partial charge in [-0.3, -0.25) is 0 Å². The number of para-hydroxylation sites is 2. The Morgan fingerprint density at radius 3 is 2.87 bits per heavy atom. The largest absolute Gasteiger partial charge is 0.504 e. The van der Waals surface area contributed by atoms with E-state index in [9.17, 15) is 5.11 Å². The lowest BCUT2D eigenvalue weighted by Crippen LogP contribution is -1.95. The van der Waals surface area contributed by atoms with E-state index >= 15 is 0 Å². The Balaban J connectivity index is 2.02. The van der Waals surface area contributed by atoms with Crippen molar-refractivity contribution in [3.05, 3.63) is 40.9 Å². The summed E-state index contributed by atoms with van der Waals surface area (Å²) in [5.41, 5.74) is 0.838. The van der Waals surface area contributed by atoms with E-state index in [-0.39, 0.29) is 5.75 Å². The Kier molecular flexibility index (Phi) is 2.91. The number of aromatic hydroxyl groups is 1. The molecule has 0 aliphatic carbocycles. The Hall–Kier alpha value is -1.49. The number of rotatable bonds is 3. The predicted molar refractivity (Wildman–Crippen MR) is 58.7 cm³/mol. The van der Waals surface area contributed by atoms with Crippen LogP contribution in [0, 0.1) is 0 Å². The summed E-state index contributed by atoms with van der Waals surface area (Å²) in [5, 5.41) is 9.43. The second-order valence-corrected chi connectivity index (χ2v) is 3.71. The summed E-state index contributed by atoms with van der Waals surface area (Å²) in [4.78, 5) is 6.93. The number of hydrogen-bond donors (Lipinski definition) is 2. The minimum atomic E-state index is 0.135. The van der Waals surface area contributed by atoms with Crippen molar-refractivity contribution in [3.63, 3.8) is 0 Å². The van der Waals surface area contributed by atoms with Gasteiger partial charge in [0.2, 0.25) is 0 Å². The molecule has 0 radical (unpaired) electrons. The molecule has 0 unspecified atom stereocenters. The zero-order valence-electron chi connectivity index (χ0n) is 7.77. The number of phenolic OH excluding ortho intramolecular Hbond substituents is 1. The number of imidazole rings is 1. The summed E-state index contributed by atoms with van der Waals surface area (Å²) in [5.74, 6) is 0.597. The molecule has 0 spiro atoms. The topological polar surface area (TPSA) is 58.1 Å². The minimum absolute atomic E-state index is 0.135. The molecule has 0 aliphatic rings. The molecular formula is C10H9BrN2O2. The molecule has 0 fully saturated rings. The zero-order chi connectivity index (χ0) is 10.7. The van der Waals surface area contributed by atoms with E-state index in [1.165, 1.54) is 0 Å². The molecular weight excluding hydrogens is 260 g/mol. The molecule has 1 aromatic carbocycles. The zero-order valence-corrected chi connectivity index (χ0v) is 9.36. The van der Waals surface area contributed by atoms with Crippen LogP contribution in [0.15, 0.2) is 35.2 Å². The van der Waals surface area contributed by atoms with Gasteiger partial charge in [-0.1, -0.05) is 12.1 Å². The maximum Gasteiger partial charge on any atom is 0.174 e. The van der Waals surface area contributed by atoms with Crippen molar-refractivity contribution >= 4 is 15.9 Å². The fraction of sp³-hybridized carbons (Fsp3) is 0.100. The van der Waals surface area contributed by atoms with E-state index in [2.05, 4.69) is 25.9 Å². The van der Waals surface area contributed by atoms with E-state index in [0.29, 0.717) is 17.1 Å². The number of H-pyrrole nitrogens is 1. The molecule has 1 heterocycles. The molecule has 0 amide bonds. The van der Waals surface area contributed by atoms with Crippen LogP contribution in [0.2, 0.25) is 0 Å². The van der Waals surface area contributed by atoms with Crippen LogP contribution >= 0.6 is 15.9 Å². The molecule has 15 heavy (non-hydrogen) atoms. The summed E-state index contributed by atoms with van der Waals surface area (Å²) < 4.78 is 6.06. The van der Waals surface area contributed by atoms with Gasteiger partial charge in [-0.25, -0.2) is 4.98 Å². The van der Waals surface area contributed by atoms with Gasteiger partial charge in [0.05, 0.1) is 11.9 Å². The first-order valence-electron chi connectivity index (χ1n) is 4.36. The van der Waals surface area contributed by atoms with Gasteiger partial charge in [-0.05, 0) is 28.1 Å². The Morgan fingerprint density at radius 2 is 2.20 bits per heavy atom. The number of aromatic nitrogens is 2. The second-order valence-electron chi connectivity index (χ2n) is 2.96. The van der Waals surface area contributed by atoms with Gasteiger partial charge < -0.3 is 14.8 Å². The van der Waals surface area contributed by atoms with Crippen LogP contribution in [-0.2, 0) is 6.61 Å². The number of aromatic amines is 1. The molecule has 0 saturated heterocycles. The van der Waals surface area contributed by atoms with Crippen LogP contribution in [-0.4, -0.2) is 15.1 Å². The lowest BCUT2D eigenvalue weighted by Gasteiger charge is -2.05. The Bertz CT molecular complexity index is 456. The van der Waals surface area contributed by atoms with Crippen molar-refractivity contribution in [3.8, 4) is 11.5 Å². The third-order valence-corrected chi connectivity index (χ3v) is 2.25. The van der Waals surface area contributed by atoms with Crippen LogP contribution in [0.3, 0.4) is 0 Å². The molecule has 0 saturated carbocycles. The van der Waals surface area contributed by atoms with E-state index in [0.717, 1.165) is 5.69 Å². The highest BCUT2D eigenvalue weighted by Gasteiger charge is 2.02. The fourth-order valence-corrected chi connectivity index (χ4v) is 1.50. The van der Waals surface area contributed by atoms with E-state index in [1.807, 2.05) is 0 Å². The minimum Gasteiger partial charge on any atom is -0.504 e. The van der Waals surface area contributed by atoms with Gasteiger partial charge in [0, 0.05) is 0 Å². The molecule has 2 rings (SSSR count). The molecule has 78 valence electrons. The van der Waals surface area contributed by atoms with Gasteiger partial charge in [0.15, 0.2) is 16.2 Å². The van der Waals surface area contributed by atoms with Gasteiger partial charge in [-0.15, -0.1) is 0 Å². The van der Waals surface area contributed by atoms with Crippen LogP contribution in [0.1, 0.15) is 5.69 Å². The average Bonchev–Trinajstić information content (AvgIpc) is 2.63. The fourth-order valence-electron chi connectivity index (χ4n) is 1.14. The number of hydrogen-bond acceptors (Lipinski definition) is 3. The molecule has 0 aliphatic heterocycles. The molecule has 2 aromatic rings. The summed E-state index contributed by atoms with van der Waals surface area (Å²) in [6, 6.07) is 6.84. The predicted octanol–water partition coefficient (Wildman–Crippen LogP) is 2.46. The first kappa shape index (κ1) is 10.0. The maximum atomic E-state index is 9.43. The van der Waals surface area contributed by atoms with Gasteiger partial charge >= 0.3 is 0 Å². The van der Waals surface area contributed by atoms with Crippen LogP contribution in [0.25, 0.3) is 0 Å². The number of nitrogens with zero attached hydrogens (tertiary/aromatic N) is 1. The lowest BCUT2D eigenvalue weighted by atomic mass is 10.3. The second kappa shape index (κ2) is 4.35. The first-order chi connectivity index (χ1) is 7.25. The highest BCUT2D eigenvalue weighted by Crippen LogP contribution is 2.25. The van der Waals surface area contributed by atoms with E-state index in [4.69, 9.17) is 4.74 Å². The molecule has 0 atom stereocenters. The number of phenols is 1. The van der Waals surface area contributed by atoms with Crippen LogP contribution < -0.4 is 4.74 Å². The SMILES string of the molecule is Oc1ccccc1OCc1cnc(Br)[nH]1. The van der Waals surface area contributed by atoms with Crippen molar-refractivity contribution in [2.24, 2.45) is 0 Å².